The van der Waals surface area contributed by atoms with Crippen LogP contribution in [0.25, 0.3) is 0 Å². The van der Waals surface area contributed by atoms with E-state index in [1.54, 1.807) is 30.3 Å². The van der Waals surface area contributed by atoms with Gasteiger partial charge in [0.05, 0.1) is 21.9 Å². The number of rotatable bonds is 3. The SMILES string of the molecule is Fc1cccc(/C=N\Nc2ccc(Cl)c(Cl)c2)c1. The molecule has 0 saturated heterocycles. The van der Waals surface area contributed by atoms with E-state index >= 15 is 0 Å². The third-order valence-corrected chi connectivity index (χ3v) is 2.91. The third kappa shape index (κ3) is 3.45. The Morgan fingerprint density at radius 1 is 1.06 bits per heavy atom. The monoisotopic (exact) mass is 282 g/mol. The van der Waals surface area contributed by atoms with Gasteiger partial charge in [0.2, 0.25) is 0 Å². The summed E-state index contributed by atoms with van der Waals surface area (Å²) >= 11 is 11.6. The molecule has 2 aromatic rings. The zero-order valence-electron chi connectivity index (χ0n) is 9.20. The van der Waals surface area contributed by atoms with Crippen LogP contribution >= 0.6 is 23.2 Å². The van der Waals surface area contributed by atoms with Gasteiger partial charge in [0, 0.05) is 0 Å². The minimum atomic E-state index is -0.298. The molecule has 18 heavy (non-hydrogen) atoms. The van der Waals surface area contributed by atoms with Crippen molar-refractivity contribution in [2.45, 2.75) is 0 Å². The van der Waals surface area contributed by atoms with Gasteiger partial charge in [-0.2, -0.15) is 5.10 Å². The number of hydrogen-bond donors (Lipinski definition) is 1. The van der Waals surface area contributed by atoms with Crippen molar-refractivity contribution >= 4 is 35.1 Å². The first-order valence-electron chi connectivity index (χ1n) is 5.15. The van der Waals surface area contributed by atoms with Crippen LogP contribution in [0, 0.1) is 5.82 Å². The molecule has 0 bridgehead atoms. The Bertz CT molecular complexity index is 585. The standard InChI is InChI=1S/C13H9Cl2FN2/c14-12-5-4-11(7-13(12)15)18-17-8-9-2-1-3-10(16)6-9/h1-8,18H/b17-8-. The second kappa shape index (κ2) is 5.85. The molecule has 0 aliphatic rings. The fourth-order valence-electron chi connectivity index (χ4n) is 1.33. The summed E-state index contributed by atoms with van der Waals surface area (Å²) in [6, 6.07) is 11.2. The average Bonchev–Trinajstić information content (AvgIpc) is 2.34. The lowest BCUT2D eigenvalue weighted by molar-refractivity contribution is 0.627. The highest BCUT2D eigenvalue weighted by Crippen LogP contribution is 2.24. The molecule has 2 nitrogen and oxygen atoms in total. The number of benzene rings is 2. The third-order valence-electron chi connectivity index (χ3n) is 2.18. The largest absolute Gasteiger partial charge is 0.278 e. The molecule has 0 unspecified atom stereocenters. The minimum Gasteiger partial charge on any atom is -0.278 e. The van der Waals surface area contributed by atoms with Crippen LogP contribution in [0.2, 0.25) is 10.0 Å². The molecular weight excluding hydrogens is 274 g/mol. The van der Waals surface area contributed by atoms with E-state index in [-0.39, 0.29) is 5.82 Å². The molecule has 2 rings (SSSR count). The normalized spacial score (nSPS) is 10.8. The van der Waals surface area contributed by atoms with Crippen LogP contribution in [0.4, 0.5) is 10.1 Å². The van der Waals surface area contributed by atoms with Crippen LogP contribution in [0.5, 0.6) is 0 Å². The molecule has 0 saturated carbocycles. The lowest BCUT2D eigenvalue weighted by Gasteiger charge is -2.01. The average molecular weight is 283 g/mol. The number of anilines is 1. The number of hydrazone groups is 1. The minimum absolute atomic E-state index is 0.298. The van der Waals surface area contributed by atoms with E-state index in [1.807, 2.05) is 0 Å². The molecule has 0 radical (unpaired) electrons. The van der Waals surface area contributed by atoms with Crippen LogP contribution in [0.15, 0.2) is 47.6 Å². The summed E-state index contributed by atoms with van der Waals surface area (Å²) < 4.78 is 12.9. The molecule has 0 heterocycles. The van der Waals surface area contributed by atoms with E-state index in [2.05, 4.69) is 10.5 Å². The molecule has 0 aliphatic heterocycles. The van der Waals surface area contributed by atoms with Crippen LogP contribution in [-0.2, 0) is 0 Å². The molecule has 1 N–H and O–H groups in total. The number of halogens is 3. The van der Waals surface area contributed by atoms with Gasteiger partial charge in [-0.15, -0.1) is 0 Å². The molecule has 92 valence electrons. The Morgan fingerprint density at radius 2 is 1.89 bits per heavy atom. The maximum absolute atomic E-state index is 12.9. The first-order chi connectivity index (χ1) is 8.65. The quantitative estimate of drug-likeness (QED) is 0.647. The van der Waals surface area contributed by atoms with Crippen LogP contribution < -0.4 is 5.43 Å². The van der Waals surface area contributed by atoms with Crippen LogP contribution in [-0.4, -0.2) is 6.21 Å². The van der Waals surface area contributed by atoms with E-state index in [0.717, 1.165) is 0 Å². The Balaban J connectivity index is 2.05. The fraction of sp³-hybridized carbons (Fsp3) is 0. The van der Waals surface area contributed by atoms with E-state index in [9.17, 15) is 4.39 Å². The van der Waals surface area contributed by atoms with Gasteiger partial charge in [0.1, 0.15) is 5.82 Å². The Hall–Kier alpha value is -1.58. The van der Waals surface area contributed by atoms with Crippen molar-refractivity contribution < 1.29 is 4.39 Å². The van der Waals surface area contributed by atoms with Crippen molar-refractivity contribution in [3.05, 3.63) is 63.9 Å². The van der Waals surface area contributed by atoms with Gasteiger partial charge in [0.15, 0.2) is 0 Å². The van der Waals surface area contributed by atoms with Crippen molar-refractivity contribution in [3.8, 4) is 0 Å². The highest BCUT2D eigenvalue weighted by molar-refractivity contribution is 6.42. The second-order valence-corrected chi connectivity index (χ2v) is 4.37. The summed E-state index contributed by atoms with van der Waals surface area (Å²) in [6.07, 6.45) is 1.52. The maximum Gasteiger partial charge on any atom is 0.123 e. The Labute approximate surface area is 114 Å². The van der Waals surface area contributed by atoms with E-state index in [4.69, 9.17) is 23.2 Å². The van der Waals surface area contributed by atoms with Crippen LogP contribution in [0.1, 0.15) is 5.56 Å². The van der Waals surface area contributed by atoms with Crippen molar-refractivity contribution in [3.63, 3.8) is 0 Å². The molecule has 5 heteroatoms. The summed E-state index contributed by atoms with van der Waals surface area (Å²) in [4.78, 5) is 0. The Morgan fingerprint density at radius 3 is 2.61 bits per heavy atom. The summed E-state index contributed by atoms with van der Waals surface area (Å²) in [5.74, 6) is -0.298. The van der Waals surface area contributed by atoms with Gasteiger partial charge in [-0.1, -0.05) is 35.3 Å². The molecule has 0 aromatic heterocycles. The molecule has 0 amide bonds. The predicted molar refractivity (Wildman–Crippen MR) is 74.1 cm³/mol. The number of hydrogen-bond acceptors (Lipinski definition) is 2. The van der Waals surface area contributed by atoms with E-state index < -0.39 is 0 Å². The van der Waals surface area contributed by atoms with Crippen LogP contribution in [0.3, 0.4) is 0 Å². The lowest BCUT2D eigenvalue weighted by atomic mass is 10.2. The first-order valence-corrected chi connectivity index (χ1v) is 5.90. The molecular formula is C13H9Cl2FN2. The van der Waals surface area contributed by atoms with Crippen molar-refractivity contribution in [1.82, 2.24) is 0 Å². The predicted octanol–water partition coefficient (Wildman–Crippen LogP) is 4.58. The molecule has 2 aromatic carbocycles. The number of nitrogens with one attached hydrogen (secondary N) is 1. The zero-order chi connectivity index (χ0) is 13.0. The van der Waals surface area contributed by atoms with E-state index in [0.29, 0.717) is 21.3 Å². The highest BCUT2D eigenvalue weighted by atomic mass is 35.5. The van der Waals surface area contributed by atoms with Gasteiger partial charge in [-0.3, -0.25) is 5.43 Å². The summed E-state index contributed by atoms with van der Waals surface area (Å²) in [6.45, 7) is 0. The summed E-state index contributed by atoms with van der Waals surface area (Å²) in [5, 5.41) is 4.91. The van der Waals surface area contributed by atoms with Gasteiger partial charge in [-0.05, 0) is 35.9 Å². The number of nitrogens with zero attached hydrogens (tertiary/aromatic N) is 1. The Kier molecular flexibility index (Phi) is 4.18. The van der Waals surface area contributed by atoms with E-state index in [1.165, 1.54) is 18.3 Å². The van der Waals surface area contributed by atoms with Gasteiger partial charge >= 0.3 is 0 Å². The zero-order valence-corrected chi connectivity index (χ0v) is 10.7. The summed E-state index contributed by atoms with van der Waals surface area (Å²) in [5.41, 5.74) is 4.16. The topological polar surface area (TPSA) is 24.4 Å². The molecule has 0 fully saturated rings. The summed E-state index contributed by atoms with van der Waals surface area (Å²) in [7, 11) is 0. The maximum atomic E-state index is 12.9. The molecule has 0 aliphatic carbocycles. The molecule has 0 atom stereocenters. The smallest absolute Gasteiger partial charge is 0.123 e. The van der Waals surface area contributed by atoms with Gasteiger partial charge < -0.3 is 0 Å². The van der Waals surface area contributed by atoms with Crippen molar-refractivity contribution in [1.29, 1.82) is 0 Å². The highest BCUT2D eigenvalue weighted by Gasteiger charge is 1.97. The van der Waals surface area contributed by atoms with Crippen molar-refractivity contribution in [2.24, 2.45) is 5.10 Å². The van der Waals surface area contributed by atoms with Crippen molar-refractivity contribution in [2.75, 3.05) is 5.43 Å². The fourth-order valence-corrected chi connectivity index (χ4v) is 1.63. The van der Waals surface area contributed by atoms with Gasteiger partial charge in [0.25, 0.3) is 0 Å². The second-order valence-electron chi connectivity index (χ2n) is 3.55. The van der Waals surface area contributed by atoms with Gasteiger partial charge in [-0.25, -0.2) is 4.39 Å². The lowest BCUT2D eigenvalue weighted by Crippen LogP contribution is -1.91. The molecule has 0 spiro atoms. The first kappa shape index (κ1) is 12.9.